The van der Waals surface area contributed by atoms with E-state index in [1.807, 2.05) is 31.2 Å². The molecule has 1 aliphatic rings. The van der Waals surface area contributed by atoms with Crippen LogP contribution in [0.3, 0.4) is 0 Å². The Bertz CT molecular complexity index is 572. The van der Waals surface area contributed by atoms with E-state index >= 15 is 0 Å². The van der Waals surface area contributed by atoms with Gasteiger partial charge in [-0.25, -0.2) is 5.43 Å². The van der Waals surface area contributed by atoms with E-state index in [1.165, 1.54) is 11.8 Å². The number of methoxy groups -OCH3 is 1. The third-order valence-corrected chi connectivity index (χ3v) is 3.94. The topological polar surface area (TPSA) is 79.8 Å². The fraction of sp³-hybridized carbons (Fsp3) is 0.400. The van der Waals surface area contributed by atoms with E-state index in [0.29, 0.717) is 18.8 Å². The summed E-state index contributed by atoms with van der Waals surface area (Å²) in [5.41, 5.74) is 5.02. The summed E-state index contributed by atoms with van der Waals surface area (Å²) in [4.78, 5) is 22.9. The Morgan fingerprint density at radius 2 is 2.18 bits per heavy atom. The van der Waals surface area contributed by atoms with Crippen LogP contribution in [0, 0.1) is 5.92 Å². The fourth-order valence-corrected chi connectivity index (χ4v) is 2.72. The van der Waals surface area contributed by atoms with Crippen molar-refractivity contribution in [2.75, 3.05) is 24.8 Å². The summed E-state index contributed by atoms with van der Waals surface area (Å²) in [6.45, 7) is 2.51. The lowest BCUT2D eigenvalue weighted by Gasteiger charge is -2.19. The summed E-state index contributed by atoms with van der Waals surface area (Å²) in [5, 5.41) is 6.81. The van der Waals surface area contributed by atoms with Crippen LogP contribution in [0.2, 0.25) is 0 Å². The molecule has 0 aromatic heterocycles. The molecule has 22 heavy (non-hydrogen) atoms. The molecule has 0 spiro atoms. The summed E-state index contributed by atoms with van der Waals surface area (Å²) in [6.07, 6.45) is 0.438. The summed E-state index contributed by atoms with van der Waals surface area (Å²) in [6, 6.07) is 7.44. The van der Waals surface area contributed by atoms with Gasteiger partial charge in [0.05, 0.1) is 12.3 Å². The number of hydrogen-bond acceptors (Lipinski definition) is 5. The maximum Gasteiger partial charge on any atom is 0.283 e. The van der Waals surface area contributed by atoms with Crippen LogP contribution in [0.4, 0.5) is 10.5 Å². The van der Waals surface area contributed by atoms with Crippen LogP contribution in [0.5, 0.6) is 0 Å². The minimum Gasteiger partial charge on any atom is -0.384 e. The van der Waals surface area contributed by atoms with Crippen LogP contribution < -0.4 is 10.7 Å². The summed E-state index contributed by atoms with van der Waals surface area (Å²) in [7, 11) is 1.61. The van der Waals surface area contributed by atoms with Crippen molar-refractivity contribution in [3.8, 4) is 0 Å². The number of anilines is 1. The number of thioether (sulfide) groups is 1. The first-order valence-electron chi connectivity index (χ1n) is 6.99. The molecule has 0 saturated heterocycles. The van der Waals surface area contributed by atoms with Crippen LogP contribution in [0.15, 0.2) is 29.4 Å². The van der Waals surface area contributed by atoms with Crippen molar-refractivity contribution >= 4 is 34.3 Å². The number of carbonyl (C=O) groups is 2. The number of nitrogens with zero attached hydrogens (tertiary/aromatic N) is 1. The highest BCUT2D eigenvalue weighted by Crippen LogP contribution is 2.19. The third-order valence-electron chi connectivity index (χ3n) is 3.21. The highest BCUT2D eigenvalue weighted by molar-refractivity contribution is 8.13. The Morgan fingerprint density at radius 3 is 2.82 bits per heavy atom. The Kier molecular flexibility index (Phi) is 5.97. The van der Waals surface area contributed by atoms with Gasteiger partial charge in [0.1, 0.15) is 0 Å². The summed E-state index contributed by atoms with van der Waals surface area (Å²) >= 11 is 1.18. The smallest absolute Gasteiger partial charge is 0.283 e. The number of carbonyl (C=O) groups excluding carboxylic acids is 2. The van der Waals surface area contributed by atoms with Crippen LogP contribution in [0.1, 0.15) is 18.9 Å². The Balaban J connectivity index is 1.96. The molecule has 0 fully saturated rings. The van der Waals surface area contributed by atoms with E-state index in [1.54, 1.807) is 7.11 Å². The van der Waals surface area contributed by atoms with Gasteiger partial charge in [-0.05, 0) is 17.7 Å². The molecular formula is C15H19N3O3S. The van der Waals surface area contributed by atoms with Gasteiger partial charge in [0, 0.05) is 30.9 Å². The minimum absolute atomic E-state index is 0.0618. The number of benzene rings is 1. The lowest BCUT2D eigenvalue weighted by molar-refractivity contribution is -0.121. The van der Waals surface area contributed by atoms with Crippen LogP contribution >= 0.6 is 11.8 Å². The molecule has 1 unspecified atom stereocenters. The molecular weight excluding hydrogens is 302 g/mol. The van der Waals surface area contributed by atoms with Gasteiger partial charge >= 0.3 is 0 Å². The zero-order valence-electron chi connectivity index (χ0n) is 12.6. The van der Waals surface area contributed by atoms with Crippen LogP contribution in [-0.2, 0) is 9.53 Å². The van der Waals surface area contributed by atoms with Gasteiger partial charge in [-0.1, -0.05) is 30.8 Å². The second-order valence-corrected chi connectivity index (χ2v) is 6.04. The first kappa shape index (κ1) is 16.5. The average molecular weight is 321 g/mol. The zero-order valence-corrected chi connectivity index (χ0v) is 13.4. The monoisotopic (exact) mass is 321 g/mol. The van der Waals surface area contributed by atoms with Crippen LogP contribution in [-0.4, -0.2) is 36.3 Å². The average Bonchev–Trinajstić information content (AvgIpc) is 2.49. The third kappa shape index (κ3) is 4.57. The molecule has 1 heterocycles. The molecule has 6 nitrogen and oxygen atoms in total. The van der Waals surface area contributed by atoms with Crippen molar-refractivity contribution in [2.45, 2.75) is 13.3 Å². The summed E-state index contributed by atoms with van der Waals surface area (Å²) < 4.78 is 4.90. The largest absolute Gasteiger partial charge is 0.384 e. The van der Waals surface area contributed by atoms with E-state index in [-0.39, 0.29) is 17.1 Å². The van der Waals surface area contributed by atoms with E-state index < -0.39 is 0 Å². The molecule has 0 saturated carbocycles. The molecule has 118 valence electrons. The van der Waals surface area contributed by atoms with Crippen molar-refractivity contribution in [2.24, 2.45) is 11.0 Å². The lowest BCUT2D eigenvalue weighted by Crippen LogP contribution is -2.31. The fourth-order valence-electron chi connectivity index (χ4n) is 2.10. The van der Waals surface area contributed by atoms with Crippen molar-refractivity contribution in [3.05, 3.63) is 29.8 Å². The van der Waals surface area contributed by atoms with E-state index in [4.69, 9.17) is 4.74 Å². The quantitative estimate of drug-likeness (QED) is 0.817. The zero-order chi connectivity index (χ0) is 15.9. The Morgan fingerprint density at radius 1 is 1.45 bits per heavy atom. The molecule has 2 amide bonds. The molecule has 7 heteroatoms. The van der Waals surface area contributed by atoms with E-state index in [0.717, 1.165) is 17.0 Å². The molecule has 1 aromatic carbocycles. The van der Waals surface area contributed by atoms with Gasteiger partial charge in [0.2, 0.25) is 5.91 Å². The maximum absolute atomic E-state index is 11.7. The first-order chi connectivity index (χ1) is 10.6. The SMILES string of the molecule is COCCSC(=O)Nc1ccc(C2=NNC(=O)CC2C)cc1. The highest BCUT2D eigenvalue weighted by atomic mass is 32.2. The van der Waals surface area contributed by atoms with Crippen molar-refractivity contribution in [1.29, 1.82) is 0 Å². The lowest BCUT2D eigenvalue weighted by atomic mass is 9.94. The van der Waals surface area contributed by atoms with Gasteiger partial charge in [0.25, 0.3) is 5.24 Å². The normalized spacial score (nSPS) is 17.6. The first-order valence-corrected chi connectivity index (χ1v) is 7.98. The van der Waals surface area contributed by atoms with Gasteiger partial charge in [-0.15, -0.1) is 0 Å². The molecule has 0 aliphatic carbocycles. The standard InChI is InChI=1S/C15H19N3O3S/c1-10-9-13(19)17-18-14(10)11-3-5-12(6-4-11)16-15(20)22-8-7-21-2/h3-6,10H,7-9H2,1-2H3,(H,16,20)(H,17,19). The van der Waals surface area contributed by atoms with Crippen molar-refractivity contribution in [1.82, 2.24) is 5.43 Å². The second kappa shape index (κ2) is 7.95. The molecule has 1 aliphatic heterocycles. The number of nitrogens with one attached hydrogen (secondary N) is 2. The molecule has 1 aromatic rings. The van der Waals surface area contributed by atoms with E-state index in [2.05, 4.69) is 15.8 Å². The predicted octanol–water partition coefficient (Wildman–Crippen LogP) is 2.46. The Hall–Kier alpha value is -1.86. The highest BCUT2D eigenvalue weighted by Gasteiger charge is 2.21. The second-order valence-electron chi connectivity index (χ2n) is 4.97. The number of ether oxygens (including phenoxy) is 1. The minimum atomic E-state index is -0.111. The molecule has 1 atom stereocenters. The van der Waals surface area contributed by atoms with Crippen molar-refractivity contribution < 1.29 is 14.3 Å². The number of hydrogen-bond donors (Lipinski definition) is 2. The molecule has 2 rings (SSSR count). The van der Waals surface area contributed by atoms with Crippen LogP contribution in [0.25, 0.3) is 0 Å². The molecule has 0 radical (unpaired) electrons. The van der Waals surface area contributed by atoms with Gasteiger partial charge in [-0.2, -0.15) is 5.10 Å². The number of hydrazone groups is 1. The predicted molar refractivity (Wildman–Crippen MR) is 88.3 cm³/mol. The number of rotatable bonds is 5. The molecule has 2 N–H and O–H groups in total. The molecule has 0 bridgehead atoms. The Labute approximate surface area is 133 Å². The summed E-state index contributed by atoms with van der Waals surface area (Å²) in [5.74, 6) is 0.640. The van der Waals surface area contributed by atoms with Gasteiger partial charge in [0.15, 0.2) is 0 Å². The van der Waals surface area contributed by atoms with Gasteiger partial charge < -0.3 is 10.1 Å². The van der Waals surface area contributed by atoms with Gasteiger partial charge in [-0.3, -0.25) is 9.59 Å². The van der Waals surface area contributed by atoms with E-state index in [9.17, 15) is 9.59 Å². The number of amides is 2. The van der Waals surface area contributed by atoms with Crippen molar-refractivity contribution in [3.63, 3.8) is 0 Å². The maximum atomic E-state index is 11.7.